The highest BCUT2D eigenvalue weighted by molar-refractivity contribution is 7.99. The number of hydrogen-bond donors (Lipinski definition) is 2. The summed E-state index contributed by atoms with van der Waals surface area (Å²) in [5, 5.41) is 11.5. The van der Waals surface area contributed by atoms with Crippen LogP contribution in [-0.2, 0) is 4.79 Å². The molecule has 0 bridgehead atoms. The Kier molecular flexibility index (Phi) is 7.45. The fourth-order valence-electron chi connectivity index (χ4n) is 1.94. The Labute approximate surface area is 146 Å². The van der Waals surface area contributed by atoms with Gasteiger partial charge in [-0.25, -0.2) is 0 Å². The predicted octanol–water partition coefficient (Wildman–Crippen LogP) is 3.54. The Morgan fingerprint density at radius 3 is 2.21 bits per heavy atom. The van der Waals surface area contributed by atoms with Crippen LogP contribution in [0.15, 0.2) is 48.5 Å². The summed E-state index contributed by atoms with van der Waals surface area (Å²) >= 11 is 1.39. The predicted molar refractivity (Wildman–Crippen MR) is 97.2 cm³/mol. The summed E-state index contributed by atoms with van der Waals surface area (Å²) in [7, 11) is 0. The van der Waals surface area contributed by atoms with Crippen molar-refractivity contribution in [3.63, 3.8) is 0 Å². The van der Waals surface area contributed by atoms with E-state index in [-0.39, 0.29) is 12.5 Å². The number of benzene rings is 2. The van der Waals surface area contributed by atoms with Gasteiger partial charge in [-0.15, -0.1) is 11.8 Å². The van der Waals surface area contributed by atoms with Crippen LogP contribution in [0.4, 0.5) is 5.69 Å². The monoisotopic (exact) mass is 347 g/mol. The zero-order chi connectivity index (χ0) is 17.2. The van der Waals surface area contributed by atoms with Gasteiger partial charge in [-0.05, 0) is 55.5 Å². The lowest BCUT2D eigenvalue weighted by molar-refractivity contribution is -0.113. The molecule has 0 heterocycles. The van der Waals surface area contributed by atoms with Crippen LogP contribution in [0.1, 0.15) is 6.92 Å². The van der Waals surface area contributed by atoms with Gasteiger partial charge in [0.2, 0.25) is 5.91 Å². The second kappa shape index (κ2) is 9.85. The first-order valence-corrected chi connectivity index (χ1v) is 8.86. The Bertz CT molecular complexity index is 628. The first-order valence-electron chi connectivity index (χ1n) is 7.70. The highest BCUT2D eigenvalue weighted by Gasteiger charge is 2.03. The van der Waals surface area contributed by atoms with Crippen molar-refractivity contribution in [2.45, 2.75) is 6.92 Å². The van der Waals surface area contributed by atoms with E-state index in [1.807, 2.05) is 31.2 Å². The molecule has 128 valence electrons. The fourth-order valence-corrected chi connectivity index (χ4v) is 2.47. The maximum Gasteiger partial charge on any atom is 0.234 e. The van der Waals surface area contributed by atoms with Gasteiger partial charge in [0, 0.05) is 11.4 Å². The molecule has 0 aliphatic heterocycles. The number of aliphatic hydroxyl groups excluding tert-OH is 1. The summed E-state index contributed by atoms with van der Waals surface area (Å²) in [6.07, 6.45) is 0. The maximum absolute atomic E-state index is 11.7. The third kappa shape index (κ3) is 6.14. The van der Waals surface area contributed by atoms with E-state index in [0.717, 1.165) is 11.5 Å². The Hall–Kier alpha value is -2.18. The lowest BCUT2D eigenvalue weighted by Gasteiger charge is -2.09. The quantitative estimate of drug-likeness (QED) is 0.679. The average Bonchev–Trinajstić information content (AvgIpc) is 2.59. The molecule has 0 radical (unpaired) electrons. The molecule has 24 heavy (non-hydrogen) atoms. The van der Waals surface area contributed by atoms with E-state index in [9.17, 15) is 4.79 Å². The van der Waals surface area contributed by atoms with E-state index in [1.165, 1.54) is 11.8 Å². The van der Waals surface area contributed by atoms with Gasteiger partial charge in [0.1, 0.15) is 17.2 Å². The van der Waals surface area contributed by atoms with Crippen molar-refractivity contribution in [1.82, 2.24) is 0 Å². The minimum atomic E-state index is -0.0892. The number of aliphatic hydroxyl groups is 1. The smallest absolute Gasteiger partial charge is 0.234 e. The average molecular weight is 347 g/mol. The van der Waals surface area contributed by atoms with Crippen LogP contribution in [0, 0.1) is 0 Å². The molecule has 0 aliphatic rings. The minimum Gasteiger partial charge on any atom is -0.494 e. The molecular formula is C18H21NO4S. The van der Waals surface area contributed by atoms with Crippen LogP contribution < -0.4 is 14.8 Å². The molecule has 6 heteroatoms. The molecule has 2 aromatic carbocycles. The number of anilines is 1. The first kappa shape index (κ1) is 18.2. The largest absolute Gasteiger partial charge is 0.494 e. The second-order valence-corrected chi connectivity index (χ2v) is 5.96. The molecule has 0 fully saturated rings. The normalized spacial score (nSPS) is 10.2. The number of carbonyl (C=O) groups is 1. The maximum atomic E-state index is 11.7. The summed E-state index contributed by atoms with van der Waals surface area (Å²) in [6, 6.07) is 14.6. The van der Waals surface area contributed by atoms with E-state index in [0.29, 0.717) is 29.5 Å². The first-order chi connectivity index (χ1) is 11.7. The molecule has 2 rings (SSSR count). The highest BCUT2D eigenvalue weighted by atomic mass is 32.2. The molecule has 2 N–H and O–H groups in total. The molecule has 1 amide bonds. The van der Waals surface area contributed by atoms with E-state index in [1.54, 1.807) is 24.3 Å². The summed E-state index contributed by atoms with van der Waals surface area (Å²) in [6.45, 7) is 2.65. The molecule has 0 saturated heterocycles. The van der Waals surface area contributed by atoms with Crippen molar-refractivity contribution in [2.75, 3.05) is 30.0 Å². The van der Waals surface area contributed by atoms with Crippen LogP contribution in [0.2, 0.25) is 0 Å². The van der Waals surface area contributed by atoms with Gasteiger partial charge in [-0.2, -0.15) is 0 Å². The van der Waals surface area contributed by atoms with Gasteiger partial charge in [-0.3, -0.25) is 4.79 Å². The van der Waals surface area contributed by atoms with E-state index >= 15 is 0 Å². The Morgan fingerprint density at radius 2 is 1.62 bits per heavy atom. The number of carbonyl (C=O) groups excluding carboxylic acids is 1. The van der Waals surface area contributed by atoms with Gasteiger partial charge >= 0.3 is 0 Å². The topological polar surface area (TPSA) is 67.8 Å². The third-order valence-electron chi connectivity index (χ3n) is 2.98. The summed E-state index contributed by atoms with van der Waals surface area (Å²) in [4.78, 5) is 11.7. The summed E-state index contributed by atoms with van der Waals surface area (Å²) in [5.41, 5.74) is 0.712. The zero-order valence-corrected chi connectivity index (χ0v) is 14.3. The van der Waals surface area contributed by atoms with Crippen molar-refractivity contribution < 1.29 is 19.4 Å². The third-order valence-corrected chi connectivity index (χ3v) is 3.91. The number of hydrogen-bond acceptors (Lipinski definition) is 5. The molecule has 2 aromatic rings. The van der Waals surface area contributed by atoms with Crippen molar-refractivity contribution in [1.29, 1.82) is 0 Å². The molecule has 0 saturated carbocycles. The van der Waals surface area contributed by atoms with Gasteiger partial charge in [0.15, 0.2) is 0 Å². The molecule has 0 unspecified atom stereocenters. The van der Waals surface area contributed by atoms with Crippen LogP contribution in [0.25, 0.3) is 0 Å². The van der Waals surface area contributed by atoms with Gasteiger partial charge in [0.05, 0.1) is 19.0 Å². The number of nitrogens with one attached hydrogen (secondary N) is 1. The zero-order valence-electron chi connectivity index (χ0n) is 13.5. The lowest BCUT2D eigenvalue weighted by Crippen LogP contribution is -2.14. The van der Waals surface area contributed by atoms with Crippen molar-refractivity contribution in [2.24, 2.45) is 0 Å². The van der Waals surface area contributed by atoms with Crippen molar-refractivity contribution in [3.05, 3.63) is 48.5 Å². The van der Waals surface area contributed by atoms with Crippen LogP contribution in [0.5, 0.6) is 17.2 Å². The Balaban J connectivity index is 1.86. The molecular weight excluding hydrogens is 326 g/mol. The highest BCUT2D eigenvalue weighted by Crippen LogP contribution is 2.25. The van der Waals surface area contributed by atoms with Crippen molar-refractivity contribution >= 4 is 23.4 Å². The minimum absolute atomic E-state index is 0.0789. The van der Waals surface area contributed by atoms with E-state index < -0.39 is 0 Å². The van der Waals surface area contributed by atoms with Gasteiger partial charge < -0.3 is 19.9 Å². The van der Waals surface area contributed by atoms with Crippen molar-refractivity contribution in [3.8, 4) is 17.2 Å². The van der Waals surface area contributed by atoms with Gasteiger partial charge in [-0.1, -0.05) is 0 Å². The number of ether oxygens (including phenoxy) is 2. The number of rotatable bonds is 9. The molecule has 0 aliphatic carbocycles. The van der Waals surface area contributed by atoms with Crippen LogP contribution in [-0.4, -0.2) is 35.7 Å². The second-order valence-electron chi connectivity index (χ2n) is 4.86. The van der Waals surface area contributed by atoms with E-state index in [4.69, 9.17) is 14.6 Å². The number of thioether (sulfide) groups is 1. The number of amides is 1. The molecule has 0 atom stereocenters. The van der Waals surface area contributed by atoms with Crippen LogP contribution >= 0.6 is 11.8 Å². The lowest BCUT2D eigenvalue weighted by atomic mass is 10.3. The molecule has 0 aromatic heterocycles. The summed E-state index contributed by atoms with van der Waals surface area (Å²) < 4.78 is 11.1. The molecule has 0 spiro atoms. The SMILES string of the molecule is CCOc1ccc(Oc2ccc(NC(=O)CSCCO)cc2)cc1. The van der Waals surface area contributed by atoms with Gasteiger partial charge in [0.25, 0.3) is 0 Å². The van der Waals surface area contributed by atoms with E-state index in [2.05, 4.69) is 5.32 Å². The summed E-state index contributed by atoms with van der Waals surface area (Å²) in [5.74, 6) is 3.01. The fraction of sp³-hybridized carbons (Fsp3) is 0.278. The Morgan fingerprint density at radius 1 is 1.04 bits per heavy atom. The van der Waals surface area contributed by atoms with Crippen LogP contribution in [0.3, 0.4) is 0 Å². The standard InChI is InChI=1S/C18H21NO4S/c1-2-22-15-7-9-17(10-8-15)23-16-5-3-14(4-6-16)19-18(21)13-24-12-11-20/h3-10,20H,2,11-13H2,1H3,(H,19,21). The molecule has 5 nitrogen and oxygen atoms in total.